The van der Waals surface area contributed by atoms with Gasteiger partial charge in [-0.1, -0.05) is 0 Å². The van der Waals surface area contributed by atoms with Crippen molar-refractivity contribution < 1.29 is 9.59 Å². The van der Waals surface area contributed by atoms with Crippen molar-refractivity contribution in [3.63, 3.8) is 0 Å². The van der Waals surface area contributed by atoms with Crippen LogP contribution in [0.5, 0.6) is 0 Å². The Morgan fingerprint density at radius 1 is 1.44 bits per heavy atom. The van der Waals surface area contributed by atoms with E-state index in [0.717, 1.165) is 19.4 Å². The van der Waals surface area contributed by atoms with E-state index < -0.39 is 0 Å². The maximum atomic E-state index is 12.0. The first-order valence-corrected chi connectivity index (χ1v) is 6.62. The lowest BCUT2D eigenvalue weighted by Gasteiger charge is -2.32. The van der Waals surface area contributed by atoms with E-state index in [0.29, 0.717) is 19.4 Å². The first kappa shape index (κ1) is 15.0. The molecule has 1 heterocycles. The van der Waals surface area contributed by atoms with Gasteiger partial charge in [0.25, 0.3) is 0 Å². The first-order valence-electron chi connectivity index (χ1n) is 6.62. The molecule has 0 bridgehead atoms. The quantitative estimate of drug-likeness (QED) is 0.767. The van der Waals surface area contributed by atoms with Crippen molar-refractivity contribution in [2.24, 2.45) is 11.7 Å². The summed E-state index contributed by atoms with van der Waals surface area (Å²) >= 11 is 0. The number of amides is 2. The third-order valence-corrected chi connectivity index (χ3v) is 3.37. The smallest absolute Gasteiger partial charge is 0.224 e. The van der Waals surface area contributed by atoms with Gasteiger partial charge in [-0.05, 0) is 33.1 Å². The van der Waals surface area contributed by atoms with Crippen LogP contribution in [0.15, 0.2) is 0 Å². The average molecular weight is 255 g/mol. The summed E-state index contributed by atoms with van der Waals surface area (Å²) in [6, 6.07) is 0. The van der Waals surface area contributed by atoms with Crippen LogP contribution in [-0.2, 0) is 9.59 Å². The van der Waals surface area contributed by atoms with Crippen LogP contribution in [0.3, 0.4) is 0 Å². The topological polar surface area (TPSA) is 75.4 Å². The van der Waals surface area contributed by atoms with Crippen LogP contribution in [0.2, 0.25) is 0 Å². The molecule has 1 saturated heterocycles. The van der Waals surface area contributed by atoms with Crippen molar-refractivity contribution in [2.45, 2.75) is 45.1 Å². The molecule has 104 valence electrons. The van der Waals surface area contributed by atoms with Gasteiger partial charge in [0, 0.05) is 32.1 Å². The van der Waals surface area contributed by atoms with E-state index in [2.05, 4.69) is 5.32 Å². The standard InChI is InChI=1S/C13H25N3O2/c1-13(2,14)7-6-11(17)16-8-4-5-10(9-16)12(18)15-3/h10H,4-9,14H2,1-3H3,(H,15,18). The summed E-state index contributed by atoms with van der Waals surface area (Å²) in [5.74, 6) is 0.0902. The molecular weight excluding hydrogens is 230 g/mol. The number of nitrogens with two attached hydrogens (primary N) is 1. The van der Waals surface area contributed by atoms with Crippen LogP contribution in [0, 0.1) is 5.92 Å². The summed E-state index contributed by atoms with van der Waals surface area (Å²) in [5, 5.41) is 2.65. The van der Waals surface area contributed by atoms with E-state index >= 15 is 0 Å². The normalized spacial score (nSPS) is 20.7. The Hall–Kier alpha value is -1.10. The second kappa shape index (κ2) is 6.18. The number of hydrogen-bond donors (Lipinski definition) is 2. The molecule has 0 aromatic heterocycles. The molecule has 0 saturated carbocycles. The Bertz CT molecular complexity index is 310. The van der Waals surface area contributed by atoms with Crippen molar-refractivity contribution in [1.82, 2.24) is 10.2 Å². The molecule has 1 atom stereocenters. The molecule has 18 heavy (non-hydrogen) atoms. The molecule has 3 N–H and O–H groups in total. The third kappa shape index (κ3) is 4.64. The minimum Gasteiger partial charge on any atom is -0.359 e. The molecular formula is C13H25N3O2. The van der Waals surface area contributed by atoms with Gasteiger partial charge in [-0.25, -0.2) is 0 Å². The van der Waals surface area contributed by atoms with Gasteiger partial charge >= 0.3 is 0 Å². The molecule has 2 amide bonds. The number of carbonyl (C=O) groups excluding carboxylic acids is 2. The second-order valence-corrected chi connectivity index (χ2v) is 5.78. The Balaban J connectivity index is 2.46. The number of hydrogen-bond acceptors (Lipinski definition) is 3. The van der Waals surface area contributed by atoms with Gasteiger partial charge in [0.1, 0.15) is 0 Å². The van der Waals surface area contributed by atoms with Gasteiger partial charge in [-0.3, -0.25) is 9.59 Å². The first-order chi connectivity index (χ1) is 8.33. The molecule has 5 heteroatoms. The van der Waals surface area contributed by atoms with Gasteiger partial charge in [0.05, 0.1) is 5.92 Å². The Morgan fingerprint density at radius 2 is 2.11 bits per heavy atom. The molecule has 0 aromatic carbocycles. The third-order valence-electron chi connectivity index (χ3n) is 3.37. The molecule has 0 radical (unpaired) electrons. The average Bonchev–Trinajstić information content (AvgIpc) is 2.34. The summed E-state index contributed by atoms with van der Waals surface area (Å²) in [7, 11) is 1.64. The minimum atomic E-state index is -0.314. The van der Waals surface area contributed by atoms with Crippen molar-refractivity contribution in [2.75, 3.05) is 20.1 Å². The summed E-state index contributed by atoms with van der Waals surface area (Å²) in [6.07, 6.45) is 2.90. The minimum absolute atomic E-state index is 0.0339. The van der Waals surface area contributed by atoms with Gasteiger partial charge in [-0.2, -0.15) is 0 Å². The molecule has 1 unspecified atom stereocenters. The molecule has 1 aliphatic heterocycles. The van der Waals surface area contributed by atoms with Gasteiger partial charge < -0.3 is 16.0 Å². The largest absolute Gasteiger partial charge is 0.359 e. The highest BCUT2D eigenvalue weighted by Gasteiger charge is 2.28. The van der Waals surface area contributed by atoms with E-state index in [1.165, 1.54) is 0 Å². The SMILES string of the molecule is CNC(=O)C1CCCN(C(=O)CCC(C)(C)N)C1. The lowest BCUT2D eigenvalue weighted by atomic mass is 9.95. The maximum absolute atomic E-state index is 12.0. The summed E-state index contributed by atoms with van der Waals surface area (Å²) in [5.41, 5.74) is 5.56. The molecule has 0 aromatic rings. The van der Waals surface area contributed by atoms with Crippen molar-refractivity contribution in [3.8, 4) is 0 Å². The summed E-state index contributed by atoms with van der Waals surface area (Å²) in [6.45, 7) is 5.15. The summed E-state index contributed by atoms with van der Waals surface area (Å²) < 4.78 is 0. The highest BCUT2D eigenvalue weighted by Crippen LogP contribution is 2.18. The van der Waals surface area contributed by atoms with Crippen molar-refractivity contribution in [1.29, 1.82) is 0 Å². The number of rotatable bonds is 4. The van der Waals surface area contributed by atoms with E-state index in [-0.39, 0.29) is 23.3 Å². The van der Waals surface area contributed by atoms with E-state index in [1.54, 1.807) is 11.9 Å². The molecule has 1 rings (SSSR count). The highest BCUT2D eigenvalue weighted by molar-refractivity contribution is 5.81. The van der Waals surface area contributed by atoms with E-state index in [4.69, 9.17) is 5.73 Å². The number of piperidine rings is 1. The second-order valence-electron chi connectivity index (χ2n) is 5.78. The number of nitrogens with zero attached hydrogens (tertiary/aromatic N) is 1. The predicted molar refractivity (Wildman–Crippen MR) is 70.9 cm³/mol. The van der Waals surface area contributed by atoms with E-state index in [1.807, 2.05) is 13.8 Å². The van der Waals surface area contributed by atoms with Crippen molar-refractivity contribution >= 4 is 11.8 Å². The van der Waals surface area contributed by atoms with Crippen LogP contribution >= 0.6 is 0 Å². The fourth-order valence-corrected chi connectivity index (χ4v) is 2.21. The number of likely N-dealkylation sites (tertiary alicyclic amines) is 1. The lowest BCUT2D eigenvalue weighted by Crippen LogP contribution is -2.45. The van der Waals surface area contributed by atoms with Crippen LogP contribution in [0.4, 0.5) is 0 Å². The number of nitrogens with one attached hydrogen (secondary N) is 1. The Labute approximate surface area is 109 Å². The van der Waals surface area contributed by atoms with E-state index in [9.17, 15) is 9.59 Å². The molecule has 1 aliphatic rings. The molecule has 0 aliphatic carbocycles. The number of carbonyl (C=O) groups is 2. The zero-order valence-electron chi connectivity index (χ0n) is 11.7. The van der Waals surface area contributed by atoms with Crippen molar-refractivity contribution in [3.05, 3.63) is 0 Å². The van der Waals surface area contributed by atoms with Crippen LogP contribution in [-0.4, -0.2) is 42.4 Å². The predicted octanol–water partition coefficient (Wildman–Crippen LogP) is 0.489. The van der Waals surface area contributed by atoms with Crippen LogP contribution in [0.1, 0.15) is 39.5 Å². The highest BCUT2D eigenvalue weighted by atomic mass is 16.2. The Kier molecular flexibility index (Phi) is 5.14. The zero-order valence-corrected chi connectivity index (χ0v) is 11.7. The van der Waals surface area contributed by atoms with Crippen LogP contribution < -0.4 is 11.1 Å². The monoisotopic (exact) mass is 255 g/mol. The fourth-order valence-electron chi connectivity index (χ4n) is 2.21. The lowest BCUT2D eigenvalue weighted by molar-refractivity contribution is -0.135. The fraction of sp³-hybridized carbons (Fsp3) is 0.846. The molecule has 5 nitrogen and oxygen atoms in total. The zero-order chi connectivity index (χ0) is 13.8. The van der Waals surface area contributed by atoms with Gasteiger partial charge in [-0.15, -0.1) is 0 Å². The molecule has 1 fully saturated rings. The van der Waals surface area contributed by atoms with Crippen LogP contribution in [0.25, 0.3) is 0 Å². The maximum Gasteiger partial charge on any atom is 0.224 e. The van der Waals surface area contributed by atoms with Gasteiger partial charge in [0.2, 0.25) is 11.8 Å². The molecule has 0 spiro atoms. The van der Waals surface area contributed by atoms with Gasteiger partial charge in [0.15, 0.2) is 0 Å². The summed E-state index contributed by atoms with van der Waals surface area (Å²) in [4.78, 5) is 25.4. The Morgan fingerprint density at radius 3 is 2.67 bits per heavy atom.